The molecule has 1 amide bonds. The van der Waals surface area contributed by atoms with Crippen molar-refractivity contribution in [2.75, 3.05) is 21.3 Å². The Morgan fingerprint density at radius 1 is 1.15 bits per heavy atom. The maximum atomic E-state index is 11.5. The summed E-state index contributed by atoms with van der Waals surface area (Å²) in [5.41, 5.74) is 3.21. The topological polar surface area (TPSA) is 69.2 Å². The van der Waals surface area contributed by atoms with Crippen molar-refractivity contribution in [3.63, 3.8) is 0 Å². The number of rotatable bonds is 6. The van der Waals surface area contributed by atoms with E-state index in [4.69, 9.17) is 14.2 Å². The summed E-state index contributed by atoms with van der Waals surface area (Å²) >= 11 is 0. The van der Waals surface area contributed by atoms with Gasteiger partial charge in [-0.2, -0.15) is 5.10 Å². The summed E-state index contributed by atoms with van der Waals surface area (Å²) in [4.78, 5) is 11.5. The Hall–Kier alpha value is -2.24. The molecule has 2 rings (SSSR count). The second kappa shape index (κ2) is 6.27. The van der Waals surface area contributed by atoms with Crippen LogP contribution in [0.1, 0.15) is 18.4 Å². The first-order valence-corrected chi connectivity index (χ1v) is 6.32. The fraction of sp³-hybridized carbons (Fsp3) is 0.429. The van der Waals surface area contributed by atoms with Gasteiger partial charge in [-0.25, -0.2) is 5.43 Å². The van der Waals surface area contributed by atoms with Crippen LogP contribution in [-0.2, 0) is 4.79 Å². The fourth-order valence-electron chi connectivity index (χ4n) is 1.76. The van der Waals surface area contributed by atoms with Gasteiger partial charge in [-0.1, -0.05) is 0 Å². The number of hydrazone groups is 1. The minimum atomic E-state index is -0.0410. The Bertz CT molecular complexity index is 524. The van der Waals surface area contributed by atoms with Gasteiger partial charge in [-0.15, -0.1) is 0 Å². The zero-order chi connectivity index (χ0) is 14.5. The lowest BCUT2D eigenvalue weighted by Gasteiger charge is -2.11. The van der Waals surface area contributed by atoms with Gasteiger partial charge in [0.25, 0.3) is 0 Å². The smallest absolute Gasteiger partial charge is 0.243 e. The molecular formula is C14H18N2O4. The highest BCUT2D eigenvalue weighted by atomic mass is 16.5. The van der Waals surface area contributed by atoms with Gasteiger partial charge in [-0.05, 0) is 18.9 Å². The summed E-state index contributed by atoms with van der Waals surface area (Å²) < 4.78 is 15.7. The fourth-order valence-corrected chi connectivity index (χ4v) is 1.76. The number of methoxy groups -OCH3 is 3. The zero-order valence-corrected chi connectivity index (χ0v) is 11.8. The van der Waals surface area contributed by atoms with Gasteiger partial charge < -0.3 is 14.2 Å². The molecule has 0 heterocycles. The molecule has 20 heavy (non-hydrogen) atoms. The van der Waals surface area contributed by atoms with E-state index in [-0.39, 0.29) is 11.8 Å². The molecule has 0 atom stereocenters. The first kappa shape index (κ1) is 14.2. The van der Waals surface area contributed by atoms with Gasteiger partial charge in [0.05, 0.1) is 27.5 Å². The number of benzene rings is 1. The quantitative estimate of drug-likeness (QED) is 0.633. The number of hydrogen-bond donors (Lipinski definition) is 1. The molecule has 0 aliphatic heterocycles. The van der Waals surface area contributed by atoms with E-state index in [2.05, 4.69) is 10.5 Å². The van der Waals surface area contributed by atoms with Gasteiger partial charge in [0.1, 0.15) is 5.75 Å². The lowest BCUT2D eigenvalue weighted by molar-refractivity contribution is -0.122. The van der Waals surface area contributed by atoms with Crippen molar-refractivity contribution >= 4 is 12.1 Å². The molecule has 0 unspecified atom stereocenters. The molecule has 0 radical (unpaired) electrons. The summed E-state index contributed by atoms with van der Waals surface area (Å²) in [6, 6.07) is 3.45. The highest BCUT2D eigenvalue weighted by molar-refractivity contribution is 5.87. The monoisotopic (exact) mass is 278 g/mol. The molecule has 1 aromatic carbocycles. The number of carbonyl (C=O) groups is 1. The summed E-state index contributed by atoms with van der Waals surface area (Å²) in [7, 11) is 4.67. The van der Waals surface area contributed by atoms with Gasteiger partial charge in [0.2, 0.25) is 5.91 Å². The van der Waals surface area contributed by atoms with E-state index in [1.165, 1.54) is 6.21 Å². The third-order valence-corrected chi connectivity index (χ3v) is 3.06. The Labute approximate surface area is 117 Å². The first-order chi connectivity index (χ1) is 9.69. The van der Waals surface area contributed by atoms with Crippen LogP contribution in [0.4, 0.5) is 0 Å². The second-order valence-electron chi connectivity index (χ2n) is 4.46. The van der Waals surface area contributed by atoms with Crippen LogP contribution in [0.15, 0.2) is 17.2 Å². The van der Waals surface area contributed by atoms with Gasteiger partial charge >= 0.3 is 0 Å². The molecular weight excluding hydrogens is 260 g/mol. The maximum Gasteiger partial charge on any atom is 0.243 e. The van der Waals surface area contributed by atoms with Crippen molar-refractivity contribution in [2.45, 2.75) is 12.8 Å². The molecule has 6 heteroatoms. The van der Waals surface area contributed by atoms with E-state index < -0.39 is 0 Å². The maximum absolute atomic E-state index is 11.5. The molecule has 1 fully saturated rings. The van der Waals surface area contributed by atoms with Crippen LogP contribution in [0.25, 0.3) is 0 Å². The average molecular weight is 278 g/mol. The van der Waals surface area contributed by atoms with Crippen molar-refractivity contribution in [2.24, 2.45) is 11.0 Å². The summed E-state index contributed by atoms with van der Waals surface area (Å²) in [6.45, 7) is 0. The van der Waals surface area contributed by atoms with Crippen LogP contribution in [0.5, 0.6) is 17.2 Å². The average Bonchev–Trinajstić information content (AvgIpc) is 3.31. The molecule has 6 nitrogen and oxygen atoms in total. The number of hydrogen-bond acceptors (Lipinski definition) is 5. The molecule has 0 saturated heterocycles. The number of nitrogens with one attached hydrogen (secondary N) is 1. The second-order valence-corrected chi connectivity index (χ2v) is 4.46. The molecule has 1 aliphatic rings. The summed E-state index contributed by atoms with van der Waals surface area (Å²) in [5, 5.41) is 3.94. The summed E-state index contributed by atoms with van der Waals surface area (Å²) in [5.74, 6) is 1.82. The van der Waals surface area contributed by atoms with Crippen LogP contribution in [0, 0.1) is 5.92 Å². The normalized spacial score (nSPS) is 14.2. The Morgan fingerprint density at radius 2 is 1.75 bits per heavy atom. The van der Waals surface area contributed by atoms with Crippen LogP contribution in [0.3, 0.4) is 0 Å². The highest BCUT2D eigenvalue weighted by Gasteiger charge is 2.29. The van der Waals surface area contributed by atoms with E-state index in [1.807, 2.05) is 0 Å². The van der Waals surface area contributed by atoms with Crippen LogP contribution < -0.4 is 19.6 Å². The minimum Gasteiger partial charge on any atom is -0.496 e. The van der Waals surface area contributed by atoms with Gasteiger partial charge in [0.15, 0.2) is 11.5 Å². The van der Waals surface area contributed by atoms with E-state index in [0.717, 1.165) is 12.8 Å². The molecule has 108 valence electrons. The Morgan fingerprint density at radius 3 is 2.30 bits per heavy atom. The summed E-state index contributed by atoms with van der Waals surface area (Å²) in [6.07, 6.45) is 3.42. The molecule has 0 aromatic heterocycles. The van der Waals surface area contributed by atoms with Gasteiger partial charge in [0, 0.05) is 17.5 Å². The third kappa shape index (κ3) is 3.20. The van der Waals surface area contributed by atoms with Crippen molar-refractivity contribution in [1.82, 2.24) is 5.43 Å². The van der Waals surface area contributed by atoms with Crippen molar-refractivity contribution in [1.29, 1.82) is 0 Å². The van der Waals surface area contributed by atoms with Crippen molar-refractivity contribution in [3.05, 3.63) is 17.7 Å². The van der Waals surface area contributed by atoms with Crippen LogP contribution >= 0.6 is 0 Å². The molecule has 0 bridgehead atoms. The van der Waals surface area contributed by atoms with Crippen molar-refractivity contribution in [3.8, 4) is 17.2 Å². The lowest BCUT2D eigenvalue weighted by Crippen LogP contribution is -2.19. The molecule has 1 saturated carbocycles. The van der Waals surface area contributed by atoms with Crippen LogP contribution in [-0.4, -0.2) is 33.5 Å². The number of ether oxygens (including phenoxy) is 3. The van der Waals surface area contributed by atoms with Gasteiger partial charge in [-0.3, -0.25) is 4.79 Å². The zero-order valence-electron chi connectivity index (χ0n) is 11.8. The van der Waals surface area contributed by atoms with Crippen molar-refractivity contribution < 1.29 is 19.0 Å². The van der Waals surface area contributed by atoms with E-state index in [1.54, 1.807) is 33.5 Å². The predicted molar refractivity (Wildman–Crippen MR) is 74.6 cm³/mol. The van der Waals surface area contributed by atoms with Crippen LogP contribution in [0.2, 0.25) is 0 Å². The molecule has 0 spiro atoms. The highest BCUT2D eigenvalue weighted by Crippen LogP contribution is 2.33. The predicted octanol–water partition coefficient (Wildman–Crippen LogP) is 1.57. The lowest BCUT2D eigenvalue weighted by atomic mass is 10.2. The standard InChI is InChI=1S/C14H18N2O4/c1-18-11-7-13(20-3)12(19-2)6-10(11)8-15-16-14(17)9-4-5-9/h6-9H,4-5H2,1-3H3,(H,16,17). The van der Waals surface area contributed by atoms with E-state index in [0.29, 0.717) is 22.8 Å². The SMILES string of the molecule is COc1cc(OC)c(OC)cc1C=NNC(=O)C1CC1. The third-order valence-electron chi connectivity index (χ3n) is 3.06. The molecule has 1 aromatic rings. The number of carbonyl (C=O) groups excluding carboxylic acids is 1. The molecule has 1 N–H and O–H groups in total. The Kier molecular flexibility index (Phi) is 4.45. The Balaban J connectivity index is 2.16. The minimum absolute atomic E-state index is 0.0410. The number of amides is 1. The number of nitrogens with zero attached hydrogens (tertiary/aromatic N) is 1. The van der Waals surface area contributed by atoms with E-state index >= 15 is 0 Å². The largest absolute Gasteiger partial charge is 0.496 e. The van der Waals surface area contributed by atoms with E-state index in [9.17, 15) is 4.79 Å². The molecule has 1 aliphatic carbocycles. The first-order valence-electron chi connectivity index (χ1n) is 6.32.